The van der Waals surface area contributed by atoms with E-state index < -0.39 is 0 Å². The molecule has 122 valence electrons. The molecular weight excluding hydrogens is 300 g/mol. The zero-order valence-corrected chi connectivity index (χ0v) is 13.5. The van der Waals surface area contributed by atoms with Crippen molar-refractivity contribution in [3.63, 3.8) is 0 Å². The molecular formula is C19H20N4O. The number of benzene rings is 2. The average Bonchev–Trinajstić information content (AvgIpc) is 2.90. The monoisotopic (exact) mass is 320 g/mol. The highest BCUT2D eigenvalue weighted by Gasteiger charge is 2.34. The number of fused-ring (bicyclic) bond motifs is 1. The van der Waals surface area contributed by atoms with Crippen molar-refractivity contribution in [3.8, 4) is 0 Å². The summed E-state index contributed by atoms with van der Waals surface area (Å²) in [6, 6.07) is 17.6. The number of nitrogens with one attached hydrogen (secondary N) is 1. The van der Waals surface area contributed by atoms with E-state index in [4.69, 9.17) is 0 Å². The van der Waals surface area contributed by atoms with E-state index in [9.17, 15) is 4.79 Å². The second kappa shape index (κ2) is 6.55. The summed E-state index contributed by atoms with van der Waals surface area (Å²) in [7, 11) is 0. The third-order valence-corrected chi connectivity index (χ3v) is 4.45. The van der Waals surface area contributed by atoms with Crippen LogP contribution in [0.2, 0.25) is 0 Å². The first-order valence-electron chi connectivity index (χ1n) is 8.31. The van der Waals surface area contributed by atoms with Crippen molar-refractivity contribution < 1.29 is 4.79 Å². The number of hydrogen-bond donors (Lipinski definition) is 1. The number of amides is 1. The van der Waals surface area contributed by atoms with E-state index in [1.165, 1.54) is 0 Å². The van der Waals surface area contributed by atoms with Crippen LogP contribution in [0.3, 0.4) is 0 Å². The fourth-order valence-electron chi connectivity index (χ4n) is 3.19. The van der Waals surface area contributed by atoms with E-state index in [0.717, 1.165) is 43.1 Å². The third kappa shape index (κ3) is 2.84. The number of anilines is 1. The lowest BCUT2D eigenvalue weighted by Crippen LogP contribution is -2.49. The van der Waals surface area contributed by atoms with E-state index in [2.05, 4.69) is 15.2 Å². The number of carbonyl (C=O) groups excluding carboxylic acids is 1. The SMILES string of the molecule is O=C1C(=Nc2ccccc2)c2ccccc2N1CN1CCNCC1. The molecule has 0 spiro atoms. The maximum atomic E-state index is 13.0. The highest BCUT2D eigenvalue weighted by Crippen LogP contribution is 2.30. The lowest BCUT2D eigenvalue weighted by atomic mass is 10.1. The van der Waals surface area contributed by atoms with Crippen molar-refractivity contribution in [1.82, 2.24) is 10.2 Å². The number of hydrogen-bond acceptors (Lipinski definition) is 4. The molecule has 0 aliphatic carbocycles. The van der Waals surface area contributed by atoms with Crippen molar-refractivity contribution in [2.75, 3.05) is 37.7 Å². The van der Waals surface area contributed by atoms with Crippen LogP contribution in [-0.4, -0.2) is 49.4 Å². The van der Waals surface area contributed by atoms with Crippen molar-refractivity contribution in [2.24, 2.45) is 4.99 Å². The standard InChI is InChI=1S/C19H20N4O/c24-19-18(21-15-6-2-1-3-7-15)16-8-4-5-9-17(16)23(19)14-22-12-10-20-11-13-22/h1-9,20H,10-14H2. The summed E-state index contributed by atoms with van der Waals surface area (Å²) in [6.07, 6.45) is 0. The summed E-state index contributed by atoms with van der Waals surface area (Å²) in [6.45, 7) is 4.46. The van der Waals surface area contributed by atoms with Crippen LogP contribution in [0, 0.1) is 0 Å². The van der Waals surface area contributed by atoms with Crippen LogP contribution >= 0.6 is 0 Å². The zero-order valence-electron chi connectivity index (χ0n) is 13.5. The Hall–Kier alpha value is -2.50. The Morgan fingerprint density at radius 2 is 1.67 bits per heavy atom. The molecule has 5 heteroatoms. The number of aliphatic imine (C=N–C) groups is 1. The van der Waals surface area contributed by atoms with E-state index in [1.54, 1.807) is 0 Å². The molecule has 2 aromatic rings. The molecule has 0 unspecified atom stereocenters. The van der Waals surface area contributed by atoms with Gasteiger partial charge in [-0.3, -0.25) is 14.6 Å². The lowest BCUT2D eigenvalue weighted by molar-refractivity contribution is -0.112. The van der Waals surface area contributed by atoms with E-state index in [0.29, 0.717) is 12.4 Å². The lowest BCUT2D eigenvalue weighted by Gasteiger charge is -2.31. The Bertz CT molecular complexity index is 766. The molecule has 2 aliphatic rings. The maximum Gasteiger partial charge on any atom is 0.278 e. The van der Waals surface area contributed by atoms with E-state index in [-0.39, 0.29) is 5.91 Å². The molecule has 1 saturated heterocycles. The van der Waals surface area contributed by atoms with Gasteiger partial charge in [-0.2, -0.15) is 0 Å². The van der Waals surface area contributed by atoms with Gasteiger partial charge >= 0.3 is 0 Å². The van der Waals surface area contributed by atoms with Gasteiger partial charge in [0.05, 0.1) is 18.0 Å². The molecule has 2 aromatic carbocycles. The van der Waals surface area contributed by atoms with Crippen molar-refractivity contribution >= 4 is 23.0 Å². The number of piperazine rings is 1. The Balaban J connectivity index is 1.67. The highest BCUT2D eigenvalue weighted by atomic mass is 16.2. The van der Waals surface area contributed by atoms with E-state index >= 15 is 0 Å². The van der Waals surface area contributed by atoms with Crippen LogP contribution in [0.4, 0.5) is 11.4 Å². The van der Waals surface area contributed by atoms with Gasteiger partial charge in [0.2, 0.25) is 0 Å². The third-order valence-electron chi connectivity index (χ3n) is 4.45. The molecule has 0 aromatic heterocycles. The number of para-hydroxylation sites is 2. The Labute approximate surface area is 141 Å². The van der Waals surface area contributed by atoms with Gasteiger partial charge in [0.25, 0.3) is 5.91 Å². The van der Waals surface area contributed by atoms with Gasteiger partial charge in [0.1, 0.15) is 5.71 Å². The molecule has 24 heavy (non-hydrogen) atoms. The second-order valence-corrected chi connectivity index (χ2v) is 6.06. The molecule has 5 nitrogen and oxygen atoms in total. The van der Waals surface area contributed by atoms with Crippen LogP contribution in [0.25, 0.3) is 0 Å². The minimum absolute atomic E-state index is 0.0152. The summed E-state index contributed by atoms with van der Waals surface area (Å²) in [5.41, 5.74) is 3.21. The minimum Gasteiger partial charge on any atom is -0.314 e. The smallest absolute Gasteiger partial charge is 0.278 e. The molecule has 0 radical (unpaired) electrons. The van der Waals surface area contributed by atoms with Crippen LogP contribution in [0.5, 0.6) is 0 Å². The first-order chi connectivity index (χ1) is 11.8. The Morgan fingerprint density at radius 3 is 2.46 bits per heavy atom. The molecule has 1 amide bonds. The molecule has 0 saturated carbocycles. The molecule has 2 aliphatic heterocycles. The van der Waals surface area contributed by atoms with Gasteiger partial charge in [-0.25, -0.2) is 4.99 Å². The topological polar surface area (TPSA) is 47.9 Å². The van der Waals surface area contributed by atoms with Gasteiger partial charge in [0.15, 0.2) is 0 Å². The van der Waals surface area contributed by atoms with E-state index in [1.807, 2.05) is 59.5 Å². The fourth-order valence-corrected chi connectivity index (χ4v) is 3.19. The maximum absolute atomic E-state index is 13.0. The Morgan fingerprint density at radius 1 is 0.958 bits per heavy atom. The zero-order chi connectivity index (χ0) is 16.4. The van der Waals surface area contributed by atoms with Crippen LogP contribution in [0.1, 0.15) is 5.56 Å². The number of rotatable bonds is 3. The largest absolute Gasteiger partial charge is 0.314 e. The molecule has 0 atom stereocenters. The quantitative estimate of drug-likeness (QED) is 0.941. The van der Waals surface area contributed by atoms with Gasteiger partial charge in [-0.1, -0.05) is 36.4 Å². The first kappa shape index (κ1) is 15.1. The number of carbonyl (C=O) groups is 1. The van der Waals surface area contributed by atoms with Gasteiger partial charge in [-0.15, -0.1) is 0 Å². The summed E-state index contributed by atoms with van der Waals surface area (Å²) in [5, 5.41) is 3.34. The fraction of sp³-hybridized carbons (Fsp3) is 0.263. The summed E-state index contributed by atoms with van der Waals surface area (Å²) in [5.74, 6) is -0.0152. The van der Waals surface area contributed by atoms with Crippen LogP contribution in [-0.2, 0) is 4.79 Å². The van der Waals surface area contributed by atoms with Crippen LogP contribution in [0.15, 0.2) is 59.6 Å². The predicted molar refractivity (Wildman–Crippen MR) is 95.9 cm³/mol. The van der Waals surface area contributed by atoms with Crippen molar-refractivity contribution in [2.45, 2.75) is 0 Å². The van der Waals surface area contributed by atoms with Crippen LogP contribution < -0.4 is 10.2 Å². The first-order valence-corrected chi connectivity index (χ1v) is 8.31. The van der Waals surface area contributed by atoms with Gasteiger partial charge in [-0.05, 0) is 18.2 Å². The molecule has 0 bridgehead atoms. The summed E-state index contributed by atoms with van der Waals surface area (Å²) >= 11 is 0. The normalized spacial score (nSPS) is 19.8. The van der Waals surface area contributed by atoms with Gasteiger partial charge < -0.3 is 5.32 Å². The average molecular weight is 320 g/mol. The molecule has 2 heterocycles. The molecule has 1 N–H and O–H groups in total. The van der Waals surface area contributed by atoms with Crippen molar-refractivity contribution in [3.05, 3.63) is 60.2 Å². The summed E-state index contributed by atoms with van der Waals surface area (Å²) < 4.78 is 0. The minimum atomic E-state index is -0.0152. The Kier molecular flexibility index (Phi) is 4.11. The molecule has 1 fully saturated rings. The van der Waals surface area contributed by atoms with Crippen molar-refractivity contribution in [1.29, 1.82) is 0 Å². The second-order valence-electron chi connectivity index (χ2n) is 6.06. The number of nitrogens with zero attached hydrogens (tertiary/aromatic N) is 3. The summed E-state index contributed by atoms with van der Waals surface area (Å²) in [4.78, 5) is 21.8. The van der Waals surface area contributed by atoms with Gasteiger partial charge in [0, 0.05) is 31.7 Å². The highest BCUT2D eigenvalue weighted by molar-refractivity contribution is 6.54. The predicted octanol–water partition coefficient (Wildman–Crippen LogP) is 2.02. The molecule has 4 rings (SSSR count).